The fourth-order valence-electron chi connectivity index (χ4n) is 2.59. The predicted octanol–water partition coefficient (Wildman–Crippen LogP) is 3.72. The van der Waals surface area contributed by atoms with Gasteiger partial charge in [0.1, 0.15) is 18.0 Å². The lowest BCUT2D eigenvalue weighted by Crippen LogP contribution is -1.99. The van der Waals surface area contributed by atoms with Gasteiger partial charge in [-0.15, -0.1) is 0 Å². The summed E-state index contributed by atoms with van der Waals surface area (Å²) in [7, 11) is 0. The highest BCUT2D eigenvalue weighted by atomic mass is 16.5. The van der Waals surface area contributed by atoms with E-state index in [1.54, 1.807) is 0 Å². The van der Waals surface area contributed by atoms with Crippen LogP contribution in [0.5, 0.6) is 5.75 Å². The van der Waals surface area contributed by atoms with E-state index in [0.717, 1.165) is 39.5 Å². The minimum atomic E-state index is 0.480. The summed E-state index contributed by atoms with van der Waals surface area (Å²) in [6.07, 6.45) is 2.02. The van der Waals surface area contributed by atoms with Crippen LogP contribution in [0, 0.1) is 6.92 Å². The molecule has 3 rings (SSSR count). The highest BCUT2D eigenvalue weighted by Gasteiger charge is 2.12. The van der Waals surface area contributed by atoms with Gasteiger partial charge in [-0.3, -0.25) is 0 Å². The Morgan fingerprint density at radius 2 is 2.00 bits per heavy atom. The largest absolute Gasteiger partial charge is 0.489 e. The zero-order chi connectivity index (χ0) is 16.4. The molecular formula is C19H21N3O. The van der Waals surface area contributed by atoms with Crippen LogP contribution in [0.25, 0.3) is 16.9 Å². The normalized spacial score (nSPS) is 10.9. The molecule has 0 aliphatic carbocycles. The van der Waals surface area contributed by atoms with E-state index in [2.05, 4.69) is 17.9 Å². The van der Waals surface area contributed by atoms with Crippen LogP contribution in [0.2, 0.25) is 0 Å². The monoisotopic (exact) mass is 307 g/mol. The van der Waals surface area contributed by atoms with Crippen LogP contribution < -0.4 is 10.5 Å². The van der Waals surface area contributed by atoms with Crippen LogP contribution in [-0.4, -0.2) is 16.0 Å². The van der Waals surface area contributed by atoms with Gasteiger partial charge in [0.15, 0.2) is 0 Å². The van der Waals surface area contributed by atoms with Gasteiger partial charge in [-0.05, 0) is 49.8 Å². The van der Waals surface area contributed by atoms with Crippen LogP contribution in [0.15, 0.2) is 54.7 Å². The maximum atomic E-state index is 5.81. The summed E-state index contributed by atoms with van der Waals surface area (Å²) in [6.45, 7) is 8.87. The van der Waals surface area contributed by atoms with Crippen molar-refractivity contribution < 1.29 is 4.74 Å². The molecule has 0 bridgehead atoms. The highest BCUT2D eigenvalue weighted by Crippen LogP contribution is 2.27. The molecule has 4 heteroatoms. The molecule has 1 aromatic carbocycles. The molecule has 0 saturated heterocycles. The Kier molecular flexibility index (Phi) is 4.17. The summed E-state index contributed by atoms with van der Waals surface area (Å²) < 4.78 is 7.73. The van der Waals surface area contributed by atoms with Crippen molar-refractivity contribution in [2.24, 2.45) is 5.73 Å². The quantitative estimate of drug-likeness (QED) is 0.731. The van der Waals surface area contributed by atoms with Crippen molar-refractivity contribution in [2.45, 2.75) is 20.4 Å². The number of pyridine rings is 1. The van der Waals surface area contributed by atoms with Crippen LogP contribution >= 0.6 is 0 Å². The molecule has 0 radical (unpaired) electrons. The molecule has 0 atom stereocenters. The molecule has 23 heavy (non-hydrogen) atoms. The van der Waals surface area contributed by atoms with Gasteiger partial charge in [0.05, 0.1) is 5.69 Å². The van der Waals surface area contributed by atoms with E-state index in [0.29, 0.717) is 13.2 Å². The summed E-state index contributed by atoms with van der Waals surface area (Å²) in [5, 5.41) is 0. The molecule has 0 unspecified atom stereocenters. The van der Waals surface area contributed by atoms with Crippen LogP contribution in [0.4, 0.5) is 0 Å². The Bertz CT molecular complexity index is 847. The van der Waals surface area contributed by atoms with Gasteiger partial charge >= 0.3 is 0 Å². The Balaban J connectivity index is 1.97. The highest BCUT2D eigenvalue weighted by molar-refractivity contribution is 5.68. The molecule has 2 aromatic heterocycles. The van der Waals surface area contributed by atoms with Gasteiger partial charge in [0.2, 0.25) is 0 Å². The molecule has 0 amide bonds. The van der Waals surface area contributed by atoms with E-state index < -0.39 is 0 Å². The average molecular weight is 307 g/mol. The second-order valence-electron chi connectivity index (χ2n) is 5.75. The number of aryl methyl sites for hydroxylation is 1. The average Bonchev–Trinajstić information content (AvgIpc) is 2.90. The zero-order valence-electron chi connectivity index (χ0n) is 13.5. The van der Waals surface area contributed by atoms with E-state index in [1.807, 2.05) is 49.5 Å². The van der Waals surface area contributed by atoms with E-state index in [4.69, 9.17) is 15.5 Å². The number of benzene rings is 1. The van der Waals surface area contributed by atoms with Crippen molar-refractivity contribution in [1.82, 2.24) is 9.38 Å². The summed E-state index contributed by atoms with van der Waals surface area (Å²) in [4.78, 5) is 4.79. The van der Waals surface area contributed by atoms with Gasteiger partial charge in [-0.25, -0.2) is 4.98 Å². The fourth-order valence-corrected chi connectivity index (χ4v) is 2.59. The molecule has 0 aliphatic heterocycles. The van der Waals surface area contributed by atoms with E-state index in [1.165, 1.54) is 0 Å². The van der Waals surface area contributed by atoms with Crippen molar-refractivity contribution in [3.05, 3.63) is 66.0 Å². The molecule has 0 saturated carbocycles. The van der Waals surface area contributed by atoms with E-state index >= 15 is 0 Å². The first-order valence-electron chi connectivity index (χ1n) is 7.64. The van der Waals surface area contributed by atoms with Gasteiger partial charge in [0, 0.05) is 29.6 Å². The number of rotatable bonds is 5. The summed E-state index contributed by atoms with van der Waals surface area (Å²) in [5.74, 6) is 0.834. The topological polar surface area (TPSA) is 52.5 Å². The van der Waals surface area contributed by atoms with Crippen molar-refractivity contribution >= 4 is 5.65 Å². The van der Waals surface area contributed by atoms with Crippen LogP contribution in [0.3, 0.4) is 0 Å². The maximum Gasteiger partial charge on any atom is 0.142 e. The minimum Gasteiger partial charge on any atom is -0.489 e. The third kappa shape index (κ3) is 2.98. The Hall–Kier alpha value is -2.59. The van der Waals surface area contributed by atoms with E-state index in [9.17, 15) is 0 Å². The first kappa shape index (κ1) is 15.3. The summed E-state index contributed by atoms with van der Waals surface area (Å²) >= 11 is 0. The van der Waals surface area contributed by atoms with Gasteiger partial charge in [-0.1, -0.05) is 12.6 Å². The molecule has 118 valence electrons. The first-order valence-corrected chi connectivity index (χ1v) is 7.64. The smallest absolute Gasteiger partial charge is 0.142 e. The Morgan fingerprint density at radius 3 is 2.65 bits per heavy atom. The number of aromatic nitrogens is 2. The van der Waals surface area contributed by atoms with Crippen LogP contribution in [0.1, 0.15) is 18.2 Å². The molecule has 3 aromatic rings. The lowest BCUT2D eigenvalue weighted by atomic mass is 10.1. The van der Waals surface area contributed by atoms with E-state index in [-0.39, 0.29) is 0 Å². The molecule has 0 fully saturated rings. The molecular weight excluding hydrogens is 286 g/mol. The van der Waals surface area contributed by atoms with Crippen molar-refractivity contribution in [2.75, 3.05) is 6.61 Å². The fraction of sp³-hybridized carbons (Fsp3) is 0.211. The standard InChI is InChI=1S/C19H21N3O/c1-13(2)12-23-17-8-6-15(7-9-17)18-14(3)22-10-4-5-16(11-20)19(22)21-18/h4-10H,1,11-12,20H2,2-3H3. The Morgan fingerprint density at radius 1 is 1.26 bits per heavy atom. The maximum absolute atomic E-state index is 5.81. The molecule has 4 nitrogen and oxygen atoms in total. The van der Waals surface area contributed by atoms with Crippen molar-refractivity contribution in [3.8, 4) is 17.0 Å². The lowest BCUT2D eigenvalue weighted by molar-refractivity contribution is 0.353. The molecule has 0 aliphatic rings. The zero-order valence-corrected chi connectivity index (χ0v) is 13.5. The van der Waals surface area contributed by atoms with Crippen molar-refractivity contribution in [3.63, 3.8) is 0 Å². The molecule has 0 spiro atoms. The number of fused-ring (bicyclic) bond motifs is 1. The van der Waals surface area contributed by atoms with Crippen LogP contribution in [-0.2, 0) is 6.54 Å². The van der Waals surface area contributed by atoms with Gasteiger partial charge in [0.25, 0.3) is 0 Å². The third-order valence-corrected chi connectivity index (χ3v) is 3.80. The van der Waals surface area contributed by atoms with Gasteiger partial charge in [-0.2, -0.15) is 0 Å². The minimum absolute atomic E-state index is 0.480. The number of hydrogen-bond acceptors (Lipinski definition) is 3. The van der Waals surface area contributed by atoms with Crippen molar-refractivity contribution in [1.29, 1.82) is 0 Å². The number of nitrogens with two attached hydrogens (primary N) is 1. The van der Waals surface area contributed by atoms with Gasteiger partial charge < -0.3 is 14.9 Å². The second-order valence-corrected chi connectivity index (χ2v) is 5.75. The summed E-state index contributed by atoms with van der Waals surface area (Å²) in [5.41, 5.74) is 11.9. The number of ether oxygens (including phenoxy) is 1. The number of nitrogens with zero attached hydrogens (tertiary/aromatic N) is 2. The number of hydrogen-bond donors (Lipinski definition) is 1. The first-order chi connectivity index (χ1) is 11.1. The lowest BCUT2D eigenvalue weighted by Gasteiger charge is -2.06. The molecule has 2 heterocycles. The Labute approximate surface area is 136 Å². The second kappa shape index (κ2) is 6.26. The SMILES string of the molecule is C=C(C)COc1ccc(-c2nc3c(CN)cccn3c2C)cc1. The number of imidazole rings is 1. The molecule has 2 N–H and O–H groups in total. The predicted molar refractivity (Wildman–Crippen MR) is 93.6 cm³/mol. The third-order valence-electron chi connectivity index (χ3n) is 3.80. The summed E-state index contributed by atoms with van der Waals surface area (Å²) in [6, 6.07) is 12.0.